The Morgan fingerprint density at radius 3 is 2.62 bits per heavy atom. The summed E-state index contributed by atoms with van der Waals surface area (Å²) in [7, 11) is 4.59. The maximum Gasteiger partial charge on any atom is 0.226 e. The molecule has 15 heteroatoms. The van der Waals surface area contributed by atoms with E-state index in [2.05, 4.69) is 17.1 Å². The summed E-state index contributed by atoms with van der Waals surface area (Å²) < 4.78 is 60.8. The van der Waals surface area contributed by atoms with E-state index in [1.807, 2.05) is 30.2 Å². The number of nitrogens with zero attached hydrogens (tertiary/aromatic N) is 7. The van der Waals surface area contributed by atoms with Crippen molar-refractivity contribution in [3.63, 3.8) is 0 Å². The quantitative estimate of drug-likeness (QED) is 0.114. The maximum absolute atomic E-state index is 15.6. The molecule has 2 aliphatic heterocycles. The highest BCUT2D eigenvalue weighted by Crippen LogP contribution is 2.39. The fraction of sp³-hybridized carbons (Fsp3) is 0.526. The fourth-order valence-electron chi connectivity index (χ4n) is 7.45. The van der Waals surface area contributed by atoms with E-state index in [9.17, 15) is 0 Å². The second-order valence-corrected chi connectivity index (χ2v) is 14.1. The molecule has 0 spiro atoms. The highest BCUT2D eigenvalue weighted by atomic mass is 19.1. The summed E-state index contributed by atoms with van der Waals surface area (Å²) in [5.74, 6) is 1.26. The lowest BCUT2D eigenvalue weighted by Crippen LogP contribution is -2.51. The van der Waals surface area contributed by atoms with Crippen LogP contribution in [0.1, 0.15) is 69.2 Å². The maximum atomic E-state index is 15.6. The smallest absolute Gasteiger partial charge is 0.226 e. The zero-order valence-corrected chi connectivity index (χ0v) is 30.8. The molecular weight excluding hydrogens is 686 g/mol. The summed E-state index contributed by atoms with van der Waals surface area (Å²) in [6.45, 7) is 8.06. The molecule has 1 saturated carbocycles. The Morgan fingerprint density at radius 2 is 1.92 bits per heavy atom. The number of anilines is 1. The largest absolute Gasteiger partial charge is 0.497 e. The first-order valence-electron chi connectivity index (χ1n) is 18.2. The Bertz CT molecular complexity index is 1960. The van der Waals surface area contributed by atoms with Gasteiger partial charge in [-0.1, -0.05) is 0 Å². The van der Waals surface area contributed by atoms with Crippen molar-refractivity contribution in [3.8, 4) is 17.2 Å². The third kappa shape index (κ3) is 7.81. The lowest BCUT2D eigenvalue weighted by Gasteiger charge is -2.46. The van der Waals surface area contributed by atoms with E-state index in [1.54, 1.807) is 29.8 Å². The average Bonchev–Trinajstić information content (AvgIpc) is 3.62. The van der Waals surface area contributed by atoms with Gasteiger partial charge in [-0.05, 0) is 70.1 Å². The molecule has 3 fully saturated rings. The lowest BCUT2D eigenvalue weighted by atomic mass is 9.79. The summed E-state index contributed by atoms with van der Waals surface area (Å²) in [4.78, 5) is 11.7. The van der Waals surface area contributed by atoms with Crippen molar-refractivity contribution in [3.05, 3.63) is 59.4 Å². The van der Waals surface area contributed by atoms with E-state index in [0.717, 1.165) is 56.4 Å². The van der Waals surface area contributed by atoms with Crippen LogP contribution in [-0.2, 0) is 16.0 Å². The molecular formula is C38H48F2N8O5. The SMILES string of the molecule is C=NN(/C=C(\C)N1CC(F)CC(c2nc3c4cc(F)c(OC)cc4nc(NCc4ccc(OC)cc4OC)n3n2)C1)CC1(OC2CCCCO2)CCC1. The normalized spacial score (nSPS) is 21.7. The number of piperidine rings is 1. The highest BCUT2D eigenvalue weighted by Gasteiger charge is 2.42. The predicted molar refractivity (Wildman–Crippen MR) is 197 cm³/mol. The number of hydrogen-bond donors (Lipinski definition) is 1. The van der Waals surface area contributed by atoms with Crippen molar-refractivity contribution in [1.29, 1.82) is 0 Å². The van der Waals surface area contributed by atoms with Crippen LogP contribution in [0.25, 0.3) is 16.6 Å². The number of halogens is 2. The van der Waals surface area contributed by atoms with Crippen molar-refractivity contribution in [2.45, 2.75) is 82.4 Å². The number of allylic oxidation sites excluding steroid dienone is 1. The number of alkyl halides is 1. The summed E-state index contributed by atoms with van der Waals surface area (Å²) in [6, 6.07) is 8.43. The van der Waals surface area contributed by atoms with Gasteiger partial charge < -0.3 is 33.9 Å². The molecule has 4 heterocycles. The van der Waals surface area contributed by atoms with Gasteiger partial charge in [0.15, 0.2) is 29.3 Å². The zero-order chi connectivity index (χ0) is 37.1. The molecule has 284 valence electrons. The first-order chi connectivity index (χ1) is 25.7. The number of hydrazone groups is 1. The van der Waals surface area contributed by atoms with Crippen LogP contribution >= 0.6 is 0 Å². The number of benzene rings is 2. The minimum absolute atomic E-state index is 0.0579. The molecule has 2 aromatic heterocycles. The van der Waals surface area contributed by atoms with Gasteiger partial charge in [-0.15, -0.1) is 5.10 Å². The lowest BCUT2D eigenvalue weighted by molar-refractivity contribution is -0.249. The van der Waals surface area contributed by atoms with Crippen LogP contribution in [0, 0.1) is 5.82 Å². The number of methoxy groups -OCH3 is 3. The van der Waals surface area contributed by atoms with Crippen molar-refractivity contribution in [2.75, 3.05) is 52.9 Å². The molecule has 2 aromatic carbocycles. The Labute approximate surface area is 307 Å². The van der Waals surface area contributed by atoms with E-state index in [1.165, 1.54) is 19.2 Å². The van der Waals surface area contributed by atoms with Gasteiger partial charge >= 0.3 is 0 Å². The van der Waals surface area contributed by atoms with Gasteiger partial charge in [-0.25, -0.2) is 18.7 Å². The van der Waals surface area contributed by atoms with Gasteiger partial charge in [0.05, 0.1) is 39.0 Å². The second kappa shape index (κ2) is 15.7. The summed E-state index contributed by atoms with van der Waals surface area (Å²) in [6.07, 6.45) is 6.81. The van der Waals surface area contributed by atoms with Gasteiger partial charge in [0, 0.05) is 73.9 Å². The Kier molecular flexibility index (Phi) is 10.8. The van der Waals surface area contributed by atoms with Gasteiger partial charge in [-0.3, -0.25) is 5.01 Å². The molecule has 0 bridgehead atoms. The van der Waals surface area contributed by atoms with Crippen LogP contribution in [0.3, 0.4) is 0 Å². The van der Waals surface area contributed by atoms with Crippen molar-refractivity contribution in [2.24, 2.45) is 5.10 Å². The van der Waals surface area contributed by atoms with Crippen LogP contribution in [0.15, 0.2) is 47.3 Å². The third-order valence-corrected chi connectivity index (χ3v) is 10.5. The van der Waals surface area contributed by atoms with Crippen LogP contribution in [0.2, 0.25) is 0 Å². The number of ether oxygens (including phenoxy) is 5. The van der Waals surface area contributed by atoms with Crippen molar-refractivity contribution >= 4 is 29.2 Å². The van der Waals surface area contributed by atoms with Gasteiger partial charge in [0.1, 0.15) is 17.7 Å². The van der Waals surface area contributed by atoms with Crippen molar-refractivity contribution in [1.82, 2.24) is 29.5 Å². The summed E-state index contributed by atoms with van der Waals surface area (Å²) in [5, 5.41) is 14.8. The van der Waals surface area contributed by atoms with Gasteiger partial charge in [-0.2, -0.15) is 9.62 Å². The number of nitrogens with one attached hydrogen (secondary N) is 1. The number of likely N-dealkylation sites (tertiary alicyclic amines) is 1. The molecule has 4 aromatic rings. The molecule has 1 aliphatic carbocycles. The van der Waals surface area contributed by atoms with E-state index in [-0.39, 0.29) is 36.5 Å². The molecule has 0 radical (unpaired) electrons. The molecule has 3 unspecified atom stereocenters. The molecule has 3 atom stereocenters. The molecule has 13 nitrogen and oxygen atoms in total. The Hall–Kier alpha value is -4.76. The standard InChI is InChI=1S/C38H48F2N8O5/c1-24(20-47(41-2)23-38(12-8-13-38)53-34-9-6-7-14-52-34)46-21-26(15-27(39)22-46)35-44-36-29-17-30(40)33(51-5)18-31(29)43-37(48(36)45-35)42-19-25-10-11-28(49-3)16-32(25)50-4/h10-11,16-18,20,26-27,34H,2,6-9,12-15,19,21-23H2,1,3-5H3,(H,42,43)/b24-20+. The molecule has 53 heavy (non-hydrogen) atoms. The summed E-state index contributed by atoms with van der Waals surface area (Å²) >= 11 is 0. The van der Waals surface area contributed by atoms with Crippen molar-refractivity contribution < 1.29 is 32.5 Å². The summed E-state index contributed by atoms with van der Waals surface area (Å²) in [5.41, 5.74) is 2.20. The van der Waals surface area contributed by atoms with Crippen LogP contribution < -0.4 is 19.5 Å². The van der Waals surface area contributed by atoms with E-state index in [0.29, 0.717) is 59.5 Å². The first kappa shape index (κ1) is 36.6. The molecule has 7 rings (SSSR count). The molecule has 3 aliphatic rings. The van der Waals surface area contributed by atoms with E-state index < -0.39 is 12.0 Å². The number of hydrogen-bond acceptors (Lipinski definition) is 12. The second-order valence-electron chi connectivity index (χ2n) is 14.1. The minimum atomic E-state index is -1.13. The van der Waals surface area contributed by atoms with E-state index >= 15 is 8.78 Å². The first-order valence-corrected chi connectivity index (χ1v) is 18.2. The minimum Gasteiger partial charge on any atom is -0.497 e. The van der Waals surface area contributed by atoms with Crippen LogP contribution in [0.4, 0.5) is 14.7 Å². The average molecular weight is 735 g/mol. The van der Waals surface area contributed by atoms with E-state index in [4.69, 9.17) is 38.8 Å². The topological polar surface area (TPSA) is 120 Å². The Morgan fingerprint density at radius 1 is 1.09 bits per heavy atom. The third-order valence-electron chi connectivity index (χ3n) is 10.5. The molecule has 2 saturated heterocycles. The zero-order valence-electron chi connectivity index (χ0n) is 30.8. The number of aromatic nitrogens is 4. The molecule has 0 amide bonds. The molecule has 1 N–H and O–H groups in total. The number of fused-ring (bicyclic) bond motifs is 3. The van der Waals surface area contributed by atoms with Gasteiger partial charge in [0.2, 0.25) is 5.95 Å². The van der Waals surface area contributed by atoms with Crippen LogP contribution in [0.5, 0.6) is 17.2 Å². The number of rotatable bonds is 14. The van der Waals surface area contributed by atoms with Crippen LogP contribution in [-0.4, -0.2) is 102 Å². The monoisotopic (exact) mass is 734 g/mol. The Balaban J connectivity index is 1.15. The fourth-order valence-corrected chi connectivity index (χ4v) is 7.45. The predicted octanol–water partition coefficient (Wildman–Crippen LogP) is 6.43. The van der Waals surface area contributed by atoms with Gasteiger partial charge in [0.25, 0.3) is 0 Å². The highest BCUT2D eigenvalue weighted by molar-refractivity contribution is 5.93.